The maximum Gasteiger partial charge on any atom is 0.316 e. The molecule has 0 aromatic heterocycles. The lowest BCUT2D eigenvalue weighted by atomic mass is 9.99. The van der Waals surface area contributed by atoms with Gasteiger partial charge in [0.05, 0.1) is 6.61 Å². The molecule has 0 aliphatic heterocycles. The molecule has 0 rings (SSSR count). The van der Waals surface area contributed by atoms with E-state index in [1.54, 1.807) is 13.8 Å². The summed E-state index contributed by atoms with van der Waals surface area (Å²) in [6, 6.07) is 0. The van der Waals surface area contributed by atoms with E-state index in [4.69, 9.17) is 5.11 Å². The van der Waals surface area contributed by atoms with Crippen LogP contribution in [0.2, 0.25) is 0 Å². The molecule has 0 bridgehead atoms. The van der Waals surface area contributed by atoms with Crippen LogP contribution in [0.25, 0.3) is 0 Å². The first-order valence-electron chi connectivity index (χ1n) is 4.44. The van der Waals surface area contributed by atoms with E-state index in [0.717, 1.165) is 0 Å². The van der Waals surface area contributed by atoms with E-state index >= 15 is 0 Å². The highest BCUT2D eigenvalue weighted by Gasteiger charge is 2.27. The van der Waals surface area contributed by atoms with Crippen LogP contribution in [0.5, 0.6) is 0 Å². The molecule has 0 aliphatic rings. The minimum Gasteiger partial charge on any atom is -0.481 e. The zero-order valence-electron chi connectivity index (χ0n) is 8.28. The van der Waals surface area contributed by atoms with Gasteiger partial charge in [-0.3, -0.25) is 14.4 Å². The molecule has 5 heteroatoms. The lowest BCUT2D eigenvalue weighted by Crippen LogP contribution is -2.27. The van der Waals surface area contributed by atoms with Gasteiger partial charge in [0.25, 0.3) is 0 Å². The van der Waals surface area contributed by atoms with Gasteiger partial charge in [0, 0.05) is 0 Å². The van der Waals surface area contributed by atoms with Gasteiger partial charge in [-0.25, -0.2) is 0 Å². The smallest absolute Gasteiger partial charge is 0.316 e. The summed E-state index contributed by atoms with van der Waals surface area (Å²) in [5.41, 5.74) is 0. The first-order chi connectivity index (χ1) is 6.52. The van der Waals surface area contributed by atoms with Crippen molar-refractivity contribution in [1.29, 1.82) is 0 Å². The minimum absolute atomic E-state index is 0.190. The molecule has 0 aromatic carbocycles. The quantitative estimate of drug-likeness (QED) is 0.504. The fourth-order valence-corrected chi connectivity index (χ4v) is 1.04. The number of carbonyl (C=O) groups is 3. The van der Waals surface area contributed by atoms with Gasteiger partial charge < -0.3 is 9.84 Å². The van der Waals surface area contributed by atoms with Crippen LogP contribution < -0.4 is 0 Å². The molecule has 0 amide bonds. The topological polar surface area (TPSA) is 80.7 Å². The number of ketones is 1. The summed E-state index contributed by atoms with van der Waals surface area (Å²) >= 11 is 0. The molecule has 1 N–H and O–H groups in total. The SMILES string of the molecule is CCOC(=O)C(CC)C(=O)CC(=O)O. The summed E-state index contributed by atoms with van der Waals surface area (Å²) in [7, 11) is 0. The average Bonchev–Trinajstić information content (AvgIpc) is 2.04. The number of esters is 1. The highest BCUT2D eigenvalue weighted by Crippen LogP contribution is 2.09. The third kappa shape index (κ3) is 4.02. The summed E-state index contributed by atoms with van der Waals surface area (Å²) in [6.07, 6.45) is -0.359. The largest absolute Gasteiger partial charge is 0.481 e. The number of rotatable bonds is 6. The molecule has 1 unspecified atom stereocenters. The van der Waals surface area contributed by atoms with Gasteiger partial charge >= 0.3 is 11.9 Å². The van der Waals surface area contributed by atoms with Crippen molar-refractivity contribution in [1.82, 2.24) is 0 Å². The zero-order chi connectivity index (χ0) is 11.1. The van der Waals surface area contributed by atoms with Crippen LogP contribution in [0.1, 0.15) is 26.7 Å². The van der Waals surface area contributed by atoms with Crippen LogP contribution in [0.15, 0.2) is 0 Å². The van der Waals surface area contributed by atoms with Crippen LogP contribution >= 0.6 is 0 Å². The molecule has 0 fully saturated rings. The molecule has 1 atom stereocenters. The van der Waals surface area contributed by atoms with E-state index in [-0.39, 0.29) is 13.0 Å². The Morgan fingerprint density at radius 2 is 1.86 bits per heavy atom. The van der Waals surface area contributed by atoms with Crippen LogP contribution in [0.3, 0.4) is 0 Å². The molecular formula is C9H14O5. The Labute approximate surface area is 82.1 Å². The monoisotopic (exact) mass is 202 g/mol. The fourth-order valence-electron chi connectivity index (χ4n) is 1.04. The Balaban J connectivity index is 4.32. The standard InChI is InChI=1S/C9H14O5/c1-3-6(9(13)14-4-2)7(10)5-8(11)12/h6H,3-5H2,1-2H3,(H,11,12). The Morgan fingerprint density at radius 3 is 2.21 bits per heavy atom. The first-order valence-corrected chi connectivity index (χ1v) is 4.44. The lowest BCUT2D eigenvalue weighted by Gasteiger charge is -2.10. The number of hydrogen-bond donors (Lipinski definition) is 1. The number of hydrogen-bond acceptors (Lipinski definition) is 4. The van der Waals surface area contributed by atoms with E-state index < -0.39 is 30.1 Å². The van der Waals surface area contributed by atoms with E-state index in [1.807, 2.05) is 0 Å². The van der Waals surface area contributed by atoms with Gasteiger partial charge in [0.2, 0.25) is 0 Å². The second-order valence-electron chi connectivity index (χ2n) is 2.75. The molecule has 0 aromatic rings. The van der Waals surface area contributed by atoms with E-state index in [0.29, 0.717) is 0 Å². The number of ether oxygens (including phenoxy) is 1. The number of aliphatic carboxylic acids is 1. The molecule has 0 spiro atoms. The first kappa shape index (κ1) is 12.6. The number of carboxylic acids is 1. The average molecular weight is 202 g/mol. The van der Waals surface area contributed by atoms with Crippen LogP contribution in [0, 0.1) is 5.92 Å². The van der Waals surface area contributed by atoms with Crippen LogP contribution in [-0.4, -0.2) is 29.4 Å². The van der Waals surface area contributed by atoms with Crippen molar-refractivity contribution >= 4 is 17.7 Å². The number of carboxylic acid groups (broad SMARTS) is 1. The number of Topliss-reactive ketones (excluding diaryl/α,β-unsaturated/α-hetero) is 1. The molecule has 0 aliphatic carbocycles. The lowest BCUT2D eigenvalue weighted by molar-refractivity contribution is -0.152. The van der Waals surface area contributed by atoms with Gasteiger partial charge in [-0.1, -0.05) is 6.92 Å². The predicted molar refractivity (Wildman–Crippen MR) is 47.7 cm³/mol. The maximum absolute atomic E-state index is 11.2. The minimum atomic E-state index is -1.22. The molecule has 14 heavy (non-hydrogen) atoms. The highest BCUT2D eigenvalue weighted by atomic mass is 16.5. The molecule has 0 heterocycles. The maximum atomic E-state index is 11.2. The van der Waals surface area contributed by atoms with Crippen molar-refractivity contribution in [3.8, 4) is 0 Å². The molecule has 80 valence electrons. The number of carbonyl (C=O) groups excluding carboxylic acids is 2. The summed E-state index contributed by atoms with van der Waals surface area (Å²) in [5, 5.41) is 8.37. The fraction of sp³-hybridized carbons (Fsp3) is 0.667. The van der Waals surface area contributed by atoms with Gasteiger partial charge in [-0.15, -0.1) is 0 Å². The Bertz CT molecular complexity index is 233. The van der Waals surface area contributed by atoms with Crippen LogP contribution in [0.4, 0.5) is 0 Å². The Kier molecular flexibility index (Phi) is 5.52. The Hall–Kier alpha value is -1.39. The summed E-state index contributed by atoms with van der Waals surface area (Å²) in [5.74, 6) is -3.40. The normalized spacial score (nSPS) is 11.9. The summed E-state index contributed by atoms with van der Waals surface area (Å²) < 4.78 is 4.64. The third-order valence-electron chi connectivity index (χ3n) is 1.69. The Morgan fingerprint density at radius 1 is 1.29 bits per heavy atom. The molecule has 5 nitrogen and oxygen atoms in total. The molecular weight excluding hydrogens is 188 g/mol. The van der Waals surface area contributed by atoms with E-state index in [1.165, 1.54) is 0 Å². The second kappa shape index (κ2) is 6.12. The predicted octanol–water partition coefficient (Wildman–Crippen LogP) is 0.620. The molecule has 0 radical (unpaired) electrons. The van der Waals surface area contributed by atoms with Gasteiger partial charge in [0.1, 0.15) is 12.3 Å². The molecule has 0 saturated carbocycles. The second-order valence-corrected chi connectivity index (χ2v) is 2.75. The van der Waals surface area contributed by atoms with Crippen molar-refractivity contribution in [3.63, 3.8) is 0 Å². The third-order valence-corrected chi connectivity index (χ3v) is 1.69. The van der Waals surface area contributed by atoms with Gasteiger partial charge in [-0.05, 0) is 13.3 Å². The summed E-state index contributed by atoms with van der Waals surface area (Å²) in [4.78, 5) is 32.6. The van der Waals surface area contributed by atoms with Crippen LogP contribution in [-0.2, 0) is 19.1 Å². The summed E-state index contributed by atoms with van der Waals surface area (Å²) in [6.45, 7) is 3.46. The van der Waals surface area contributed by atoms with Crippen molar-refractivity contribution in [2.24, 2.45) is 5.92 Å². The van der Waals surface area contributed by atoms with E-state index in [9.17, 15) is 14.4 Å². The van der Waals surface area contributed by atoms with E-state index in [2.05, 4.69) is 4.74 Å². The zero-order valence-corrected chi connectivity index (χ0v) is 8.28. The van der Waals surface area contributed by atoms with Crippen molar-refractivity contribution in [3.05, 3.63) is 0 Å². The van der Waals surface area contributed by atoms with Crippen molar-refractivity contribution in [2.45, 2.75) is 26.7 Å². The highest BCUT2D eigenvalue weighted by molar-refractivity contribution is 6.05. The van der Waals surface area contributed by atoms with Crippen molar-refractivity contribution in [2.75, 3.05) is 6.61 Å². The van der Waals surface area contributed by atoms with Crippen molar-refractivity contribution < 1.29 is 24.2 Å². The van der Waals surface area contributed by atoms with Gasteiger partial charge in [-0.2, -0.15) is 0 Å². The molecule has 0 saturated heterocycles. The van der Waals surface area contributed by atoms with Gasteiger partial charge in [0.15, 0.2) is 5.78 Å².